The smallest absolute Gasteiger partial charge is 0.0431 e. The van der Waals surface area contributed by atoms with Crippen LogP contribution in [0.2, 0.25) is 0 Å². The van der Waals surface area contributed by atoms with Gasteiger partial charge in [0.1, 0.15) is 0 Å². The van der Waals surface area contributed by atoms with Gasteiger partial charge in [-0.2, -0.15) is 0 Å². The highest BCUT2D eigenvalue weighted by molar-refractivity contribution is 5.24. The molecule has 1 heteroatoms. The molecule has 1 nitrogen and oxygen atoms in total. The second kappa shape index (κ2) is 10.1. The summed E-state index contributed by atoms with van der Waals surface area (Å²) >= 11 is 0. The molecule has 0 fully saturated rings. The van der Waals surface area contributed by atoms with Gasteiger partial charge < -0.3 is 5.11 Å². The Balaban J connectivity index is 1.93. The molecule has 0 heterocycles. The summed E-state index contributed by atoms with van der Waals surface area (Å²) < 4.78 is 0. The van der Waals surface area contributed by atoms with E-state index in [-0.39, 0.29) is 12.0 Å². The lowest BCUT2D eigenvalue weighted by Crippen LogP contribution is -2.30. The quantitative estimate of drug-likeness (QED) is 0.450. The minimum Gasteiger partial charge on any atom is -0.396 e. The Hall–Kier alpha value is -2.38. The van der Waals surface area contributed by atoms with Gasteiger partial charge >= 0.3 is 0 Å². The molecule has 3 aromatic carbocycles. The van der Waals surface area contributed by atoms with Crippen LogP contribution < -0.4 is 0 Å². The summed E-state index contributed by atoms with van der Waals surface area (Å²) in [7, 11) is 0. The van der Waals surface area contributed by atoms with Crippen LogP contribution in [0.3, 0.4) is 0 Å². The van der Waals surface area contributed by atoms with Crippen molar-refractivity contribution in [2.45, 2.75) is 38.5 Å². The van der Waals surface area contributed by atoms with Crippen molar-refractivity contribution >= 4 is 0 Å². The van der Waals surface area contributed by atoms with Crippen molar-refractivity contribution in [1.29, 1.82) is 0 Å². The molecule has 3 rings (SSSR count). The van der Waals surface area contributed by atoms with E-state index in [9.17, 15) is 5.11 Å². The largest absolute Gasteiger partial charge is 0.396 e. The molecule has 0 aliphatic rings. The average Bonchev–Trinajstić information content (AvgIpc) is 2.70. The van der Waals surface area contributed by atoms with Gasteiger partial charge in [0.05, 0.1) is 0 Å². The predicted molar refractivity (Wildman–Crippen MR) is 114 cm³/mol. The highest BCUT2D eigenvalue weighted by Gasteiger charge is 2.30. The van der Waals surface area contributed by atoms with Crippen molar-refractivity contribution in [1.82, 2.24) is 0 Å². The Morgan fingerprint density at radius 2 is 0.889 bits per heavy atom. The van der Waals surface area contributed by atoms with Crippen molar-refractivity contribution in [3.8, 4) is 0 Å². The van der Waals surface area contributed by atoms with Crippen LogP contribution in [0.1, 0.15) is 36.0 Å². The normalized spacial score (nSPS) is 11.4. The Morgan fingerprint density at radius 3 is 1.22 bits per heavy atom. The van der Waals surface area contributed by atoms with Crippen LogP contribution in [0.5, 0.6) is 0 Å². The molecule has 27 heavy (non-hydrogen) atoms. The third-order valence-corrected chi connectivity index (χ3v) is 5.38. The highest BCUT2D eigenvalue weighted by Crippen LogP contribution is 2.37. The first kappa shape index (κ1) is 19.4. The molecule has 0 aromatic heterocycles. The zero-order valence-electron chi connectivity index (χ0n) is 16.1. The number of unbranched alkanes of at least 4 members (excludes halogenated alkanes) is 1. The van der Waals surface area contributed by atoms with Crippen LogP contribution in [0.4, 0.5) is 0 Å². The minimum atomic E-state index is 0.152. The molecule has 0 spiro atoms. The lowest BCUT2D eigenvalue weighted by atomic mass is 9.69. The first-order valence-electron chi connectivity index (χ1n) is 10.0. The van der Waals surface area contributed by atoms with Gasteiger partial charge in [-0.25, -0.2) is 0 Å². The highest BCUT2D eigenvalue weighted by atomic mass is 16.2. The summed E-state index contributed by atoms with van der Waals surface area (Å²) in [6.45, 7) is 0.276. The molecule has 0 aliphatic heterocycles. The standard InChI is InChI=1S/C26H30O/c27-19-11-10-18-26(20-23-12-4-1-5-13-23,21-24-14-6-2-7-15-24)22-25-16-8-3-9-17-25/h1-9,12-17,27H,10-11,18-22H2. The molecule has 0 saturated carbocycles. The van der Waals surface area contributed by atoms with Crippen molar-refractivity contribution in [3.05, 3.63) is 108 Å². The fourth-order valence-electron chi connectivity index (χ4n) is 4.15. The molecule has 0 aliphatic carbocycles. The number of rotatable bonds is 10. The van der Waals surface area contributed by atoms with Gasteiger partial charge in [0.2, 0.25) is 0 Å². The molecule has 1 N–H and O–H groups in total. The lowest BCUT2D eigenvalue weighted by Gasteiger charge is -2.35. The van der Waals surface area contributed by atoms with E-state index in [1.807, 2.05) is 0 Å². The number of hydrogen-bond donors (Lipinski definition) is 1. The van der Waals surface area contributed by atoms with E-state index in [1.165, 1.54) is 16.7 Å². The molecular weight excluding hydrogens is 328 g/mol. The molecular formula is C26H30O. The predicted octanol–water partition coefficient (Wildman–Crippen LogP) is 5.86. The van der Waals surface area contributed by atoms with E-state index in [1.54, 1.807) is 0 Å². The first-order valence-corrected chi connectivity index (χ1v) is 10.0. The summed E-state index contributed by atoms with van der Waals surface area (Å²) in [5, 5.41) is 9.33. The second-order valence-corrected chi connectivity index (χ2v) is 7.67. The Bertz CT molecular complexity index is 664. The fourth-order valence-corrected chi connectivity index (χ4v) is 4.15. The third-order valence-electron chi connectivity index (χ3n) is 5.38. The first-order chi connectivity index (χ1) is 13.3. The van der Waals surface area contributed by atoms with Crippen LogP contribution in [-0.2, 0) is 19.3 Å². The van der Waals surface area contributed by atoms with Gasteiger partial charge in [-0.1, -0.05) is 97.4 Å². The molecule has 3 aromatic rings. The van der Waals surface area contributed by atoms with E-state index >= 15 is 0 Å². The Kier molecular flexibility index (Phi) is 7.24. The fraction of sp³-hybridized carbons (Fsp3) is 0.308. The number of aliphatic hydroxyl groups excluding tert-OH is 1. The summed E-state index contributed by atoms with van der Waals surface area (Å²) in [6.07, 6.45) is 6.23. The average molecular weight is 359 g/mol. The number of hydrogen-bond acceptors (Lipinski definition) is 1. The van der Waals surface area contributed by atoms with Gasteiger partial charge in [-0.3, -0.25) is 0 Å². The van der Waals surface area contributed by atoms with E-state index < -0.39 is 0 Å². The van der Waals surface area contributed by atoms with Crippen molar-refractivity contribution in [3.63, 3.8) is 0 Å². The van der Waals surface area contributed by atoms with Crippen molar-refractivity contribution in [2.24, 2.45) is 5.41 Å². The van der Waals surface area contributed by atoms with Crippen LogP contribution >= 0.6 is 0 Å². The van der Waals surface area contributed by atoms with Gasteiger partial charge in [0, 0.05) is 6.61 Å². The maximum Gasteiger partial charge on any atom is 0.0431 e. The van der Waals surface area contributed by atoms with Crippen LogP contribution in [0, 0.1) is 5.41 Å². The number of aliphatic hydroxyl groups is 1. The van der Waals surface area contributed by atoms with Gasteiger partial charge in [0.15, 0.2) is 0 Å². The topological polar surface area (TPSA) is 20.2 Å². The molecule has 0 atom stereocenters. The second-order valence-electron chi connectivity index (χ2n) is 7.67. The maximum atomic E-state index is 9.33. The van der Waals surface area contributed by atoms with E-state index in [0.29, 0.717) is 0 Å². The molecule has 0 unspecified atom stereocenters. The SMILES string of the molecule is OCCCCC(Cc1ccccc1)(Cc1ccccc1)Cc1ccccc1. The minimum absolute atomic E-state index is 0.152. The van der Waals surface area contributed by atoms with E-state index in [0.717, 1.165) is 38.5 Å². The van der Waals surface area contributed by atoms with Crippen LogP contribution in [-0.4, -0.2) is 11.7 Å². The Morgan fingerprint density at radius 1 is 0.519 bits per heavy atom. The summed E-state index contributed by atoms with van der Waals surface area (Å²) in [6, 6.07) is 32.6. The van der Waals surface area contributed by atoms with Crippen LogP contribution in [0.25, 0.3) is 0 Å². The lowest BCUT2D eigenvalue weighted by molar-refractivity contribution is 0.224. The molecule has 140 valence electrons. The van der Waals surface area contributed by atoms with Crippen molar-refractivity contribution < 1.29 is 5.11 Å². The molecule has 0 saturated heterocycles. The third kappa shape index (κ3) is 6.08. The zero-order chi connectivity index (χ0) is 18.8. The van der Waals surface area contributed by atoms with E-state index in [4.69, 9.17) is 0 Å². The van der Waals surface area contributed by atoms with E-state index in [2.05, 4.69) is 91.0 Å². The van der Waals surface area contributed by atoms with Gasteiger partial charge in [0.25, 0.3) is 0 Å². The molecule has 0 amide bonds. The molecule has 0 bridgehead atoms. The van der Waals surface area contributed by atoms with Crippen molar-refractivity contribution in [2.75, 3.05) is 6.61 Å². The summed E-state index contributed by atoms with van der Waals surface area (Å²) in [4.78, 5) is 0. The summed E-state index contributed by atoms with van der Waals surface area (Å²) in [5.74, 6) is 0. The Labute approximate surface area is 163 Å². The summed E-state index contributed by atoms with van der Waals surface area (Å²) in [5.41, 5.74) is 4.34. The monoisotopic (exact) mass is 358 g/mol. The van der Waals surface area contributed by atoms with Gasteiger partial charge in [-0.15, -0.1) is 0 Å². The van der Waals surface area contributed by atoms with Gasteiger partial charge in [-0.05, 0) is 54.2 Å². The van der Waals surface area contributed by atoms with Crippen LogP contribution in [0.15, 0.2) is 91.0 Å². The maximum absolute atomic E-state index is 9.33. The number of benzene rings is 3. The zero-order valence-corrected chi connectivity index (χ0v) is 16.1. The molecule has 0 radical (unpaired) electrons.